The molecule has 0 aromatic carbocycles. The number of hydrogen-bond donors (Lipinski definition) is 1. The number of H-pyrrole nitrogens is 1. The molecule has 1 atom stereocenters. The Morgan fingerprint density at radius 2 is 2.13 bits per heavy atom. The topological polar surface area (TPSA) is 81.2 Å². The number of nitrogens with one attached hydrogen (secondary N) is 1. The minimum Gasteiger partial charge on any atom is -0.434 e. The minimum atomic E-state index is -0.763. The van der Waals surface area contributed by atoms with Crippen LogP contribution in [0.5, 0.6) is 0 Å². The second-order valence-electron chi connectivity index (χ2n) is 3.17. The number of carbonyl (C=O) groups is 1. The molecule has 1 aromatic heterocycles. The van der Waals surface area contributed by atoms with Crippen LogP contribution in [0.15, 0.2) is 27.9 Å². The molecule has 0 fully saturated rings. The van der Waals surface area contributed by atoms with E-state index >= 15 is 0 Å². The third kappa shape index (κ3) is 1.61. The SMILES string of the molecule is Cc1cn([C@H]2C=CC(=O)O2)c(=O)[nH]c1=O. The monoisotopic (exact) mass is 208 g/mol. The molecular formula is C9H8N2O4. The van der Waals surface area contributed by atoms with Crippen molar-refractivity contribution in [2.24, 2.45) is 0 Å². The number of carbonyl (C=O) groups excluding carboxylic acids is 1. The Bertz CT molecular complexity index is 552. The zero-order valence-corrected chi connectivity index (χ0v) is 7.89. The lowest BCUT2D eigenvalue weighted by atomic mass is 10.4. The molecule has 0 saturated heterocycles. The summed E-state index contributed by atoms with van der Waals surface area (Å²) in [6.45, 7) is 1.56. The number of cyclic esters (lactones) is 1. The number of nitrogens with zero attached hydrogens (tertiary/aromatic N) is 1. The van der Waals surface area contributed by atoms with Gasteiger partial charge in [0.05, 0.1) is 0 Å². The second kappa shape index (κ2) is 3.23. The van der Waals surface area contributed by atoms with Crippen molar-refractivity contribution in [3.8, 4) is 0 Å². The van der Waals surface area contributed by atoms with Crippen molar-refractivity contribution in [3.05, 3.63) is 44.8 Å². The number of esters is 1. The lowest BCUT2D eigenvalue weighted by molar-refractivity contribution is -0.141. The highest BCUT2D eigenvalue weighted by Gasteiger charge is 2.19. The van der Waals surface area contributed by atoms with Crippen molar-refractivity contribution in [2.45, 2.75) is 13.2 Å². The zero-order valence-electron chi connectivity index (χ0n) is 7.89. The fourth-order valence-corrected chi connectivity index (χ4v) is 1.28. The standard InChI is InChI=1S/C9H8N2O4/c1-5-4-11(9(14)10-8(5)13)6-2-3-7(12)15-6/h2-4,6H,1H3,(H,10,13,14)/t6-/m1/s1. The molecule has 2 rings (SSSR count). The van der Waals surface area contributed by atoms with Crippen LogP contribution in [-0.2, 0) is 9.53 Å². The van der Waals surface area contributed by atoms with Gasteiger partial charge in [-0.2, -0.15) is 0 Å². The number of aromatic nitrogens is 2. The molecule has 1 aromatic rings. The van der Waals surface area contributed by atoms with Crippen LogP contribution in [0.1, 0.15) is 11.8 Å². The predicted molar refractivity (Wildman–Crippen MR) is 50.3 cm³/mol. The maximum absolute atomic E-state index is 11.4. The zero-order chi connectivity index (χ0) is 11.0. The summed E-state index contributed by atoms with van der Waals surface area (Å²) in [7, 11) is 0. The van der Waals surface area contributed by atoms with Crippen molar-refractivity contribution in [1.29, 1.82) is 0 Å². The fourth-order valence-electron chi connectivity index (χ4n) is 1.28. The molecule has 15 heavy (non-hydrogen) atoms. The molecule has 0 spiro atoms. The average Bonchev–Trinajstić information content (AvgIpc) is 2.58. The maximum atomic E-state index is 11.4. The third-order valence-electron chi connectivity index (χ3n) is 2.05. The van der Waals surface area contributed by atoms with Crippen LogP contribution < -0.4 is 11.2 Å². The Kier molecular flexibility index (Phi) is 2.03. The highest BCUT2D eigenvalue weighted by molar-refractivity contribution is 5.84. The van der Waals surface area contributed by atoms with E-state index in [9.17, 15) is 14.4 Å². The Hall–Kier alpha value is -2.11. The van der Waals surface area contributed by atoms with Crippen molar-refractivity contribution in [1.82, 2.24) is 9.55 Å². The average molecular weight is 208 g/mol. The molecule has 1 aliphatic heterocycles. The van der Waals surface area contributed by atoms with Crippen LogP contribution in [0.2, 0.25) is 0 Å². The quantitative estimate of drug-likeness (QED) is 0.628. The van der Waals surface area contributed by atoms with Crippen molar-refractivity contribution < 1.29 is 9.53 Å². The van der Waals surface area contributed by atoms with E-state index in [4.69, 9.17) is 4.74 Å². The van der Waals surface area contributed by atoms with Crippen LogP contribution in [0.25, 0.3) is 0 Å². The number of ether oxygens (including phenoxy) is 1. The van der Waals surface area contributed by atoms with Crippen molar-refractivity contribution >= 4 is 5.97 Å². The van der Waals surface area contributed by atoms with Crippen LogP contribution in [-0.4, -0.2) is 15.5 Å². The molecule has 0 bridgehead atoms. The first-order chi connectivity index (χ1) is 7.08. The largest absolute Gasteiger partial charge is 0.434 e. The Morgan fingerprint density at radius 3 is 2.73 bits per heavy atom. The lowest BCUT2D eigenvalue weighted by Crippen LogP contribution is -2.33. The van der Waals surface area contributed by atoms with Gasteiger partial charge in [0.1, 0.15) is 0 Å². The van der Waals surface area contributed by atoms with Gasteiger partial charge in [-0.05, 0) is 13.0 Å². The molecule has 1 aliphatic rings. The van der Waals surface area contributed by atoms with Gasteiger partial charge in [0.2, 0.25) is 6.23 Å². The molecule has 78 valence electrons. The smallest absolute Gasteiger partial charge is 0.332 e. The van der Waals surface area contributed by atoms with Crippen LogP contribution in [0, 0.1) is 6.92 Å². The van der Waals surface area contributed by atoms with Gasteiger partial charge in [-0.25, -0.2) is 9.59 Å². The lowest BCUT2D eigenvalue weighted by Gasteiger charge is -2.11. The third-order valence-corrected chi connectivity index (χ3v) is 2.05. The summed E-state index contributed by atoms with van der Waals surface area (Å²) in [6.07, 6.45) is 3.27. The van der Waals surface area contributed by atoms with Gasteiger partial charge in [-0.3, -0.25) is 14.3 Å². The summed E-state index contributed by atoms with van der Waals surface area (Å²) < 4.78 is 5.96. The van der Waals surface area contributed by atoms with E-state index in [-0.39, 0.29) is 0 Å². The van der Waals surface area contributed by atoms with E-state index in [1.54, 1.807) is 6.92 Å². The van der Waals surface area contributed by atoms with Crippen LogP contribution >= 0.6 is 0 Å². The van der Waals surface area contributed by atoms with Crippen molar-refractivity contribution in [3.63, 3.8) is 0 Å². The normalized spacial score (nSPS) is 19.3. The molecular weight excluding hydrogens is 200 g/mol. The first-order valence-corrected chi connectivity index (χ1v) is 4.29. The van der Waals surface area contributed by atoms with E-state index in [0.29, 0.717) is 5.56 Å². The summed E-state index contributed by atoms with van der Waals surface area (Å²) in [5.41, 5.74) is -0.662. The summed E-state index contributed by atoms with van der Waals surface area (Å²) in [5.74, 6) is -0.504. The van der Waals surface area contributed by atoms with Gasteiger partial charge in [-0.15, -0.1) is 0 Å². The molecule has 0 aliphatic carbocycles. The second-order valence-corrected chi connectivity index (χ2v) is 3.17. The van der Waals surface area contributed by atoms with E-state index in [1.807, 2.05) is 0 Å². The number of rotatable bonds is 1. The maximum Gasteiger partial charge on any atom is 0.332 e. The fraction of sp³-hybridized carbons (Fsp3) is 0.222. The van der Waals surface area contributed by atoms with Gasteiger partial charge in [-0.1, -0.05) is 0 Å². The summed E-state index contributed by atoms with van der Waals surface area (Å²) in [4.78, 5) is 35.4. The highest BCUT2D eigenvalue weighted by Crippen LogP contribution is 2.14. The van der Waals surface area contributed by atoms with Gasteiger partial charge in [0, 0.05) is 17.8 Å². The Morgan fingerprint density at radius 1 is 1.40 bits per heavy atom. The molecule has 1 N–H and O–H groups in total. The van der Waals surface area contributed by atoms with Gasteiger partial charge in [0.15, 0.2) is 0 Å². The molecule has 6 nitrogen and oxygen atoms in total. The number of aromatic amines is 1. The summed E-state index contributed by atoms with van der Waals surface area (Å²) in [6, 6.07) is 0. The molecule has 0 unspecified atom stereocenters. The minimum absolute atomic E-state index is 0.381. The molecule has 0 amide bonds. The molecule has 0 radical (unpaired) electrons. The van der Waals surface area contributed by atoms with E-state index < -0.39 is 23.4 Å². The van der Waals surface area contributed by atoms with Gasteiger partial charge in [0.25, 0.3) is 5.56 Å². The molecule has 0 saturated carbocycles. The molecule has 2 heterocycles. The highest BCUT2D eigenvalue weighted by atomic mass is 16.6. The van der Waals surface area contributed by atoms with Gasteiger partial charge >= 0.3 is 11.7 Å². The van der Waals surface area contributed by atoms with Crippen molar-refractivity contribution in [2.75, 3.05) is 0 Å². The Labute approximate surface area is 83.8 Å². The van der Waals surface area contributed by atoms with E-state index in [1.165, 1.54) is 18.3 Å². The first kappa shape index (κ1) is 9.45. The summed E-state index contributed by atoms with van der Waals surface area (Å²) in [5, 5.41) is 0. The molecule has 6 heteroatoms. The van der Waals surface area contributed by atoms with E-state index in [0.717, 1.165) is 4.57 Å². The summed E-state index contributed by atoms with van der Waals surface area (Å²) >= 11 is 0. The number of aryl methyl sites for hydroxylation is 1. The predicted octanol–water partition coefficient (Wildman–Crippen LogP) is -0.543. The van der Waals surface area contributed by atoms with Gasteiger partial charge < -0.3 is 4.74 Å². The van der Waals surface area contributed by atoms with Crippen LogP contribution in [0.3, 0.4) is 0 Å². The van der Waals surface area contributed by atoms with Crippen LogP contribution in [0.4, 0.5) is 0 Å². The first-order valence-electron chi connectivity index (χ1n) is 4.29. The Balaban J connectivity index is 2.50. The number of hydrogen-bond acceptors (Lipinski definition) is 4. The van der Waals surface area contributed by atoms with E-state index in [2.05, 4.69) is 4.98 Å².